The van der Waals surface area contributed by atoms with Crippen LogP contribution in [0.4, 0.5) is 0 Å². The molecule has 0 aliphatic rings. The molecule has 0 radical (unpaired) electrons. The summed E-state index contributed by atoms with van der Waals surface area (Å²) in [6, 6.07) is 0. The lowest BCUT2D eigenvalue weighted by Gasteiger charge is -2.34. The van der Waals surface area contributed by atoms with Gasteiger partial charge in [-0.25, -0.2) is 0 Å². The maximum absolute atomic E-state index is 14.4. The molecule has 0 rings (SSSR count). The molecule has 0 bridgehead atoms. The molecular formula is C64H119N13O25. The Balaban J connectivity index is 7.05. The summed E-state index contributed by atoms with van der Waals surface area (Å²) in [5.74, 6) is -11.2. The van der Waals surface area contributed by atoms with E-state index in [9.17, 15) is 124 Å². The van der Waals surface area contributed by atoms with Gasteiger partial charge in [-0.05, 0) is 90.0 Å². The second-order valence-electron chi connectivity index (χ2n) is 27.0. The molecule has 38 heteroatoms. The molecule has 590 valence electrons. The lowest BCUT2D eigenvalue weighted by molar-refractivity contribution is -0.151. The van der Waals surface area contributed by atoms with E-state index >= 15 is 0 Å². The van der Waals surface area contributed by atoms with Gasteiger partial charge in [-0.3, -0.25) is 57.5 Å². The Bertz CT molecular complexity index is 2630. The Hall–Kier alpha value is -6.92. The van der Waals surface area contributed by atoms with E-state index in [1.807, 2.05) is 0 Å². The Morgan fingerprint density at radius 3 is 0.461 bits per heavy atom. The van der Waals surface area contributed by atoms with E-state index in [2.05, 4.69) is 5.32 Å². The van der Waals surface area contributed by atoms with Crippen LogP contribution in [0.3, 0.4) is 0 Å². The first-order chi connectivity index (χ1) is 47.1. The minimum absolute atomic E-state index is 0.0205. The molecule has 0 saturated carbocycles. The number of carbonyl (C=O) groups excluding carboxylic acids is 12. The zero-order chi connectivity index (χ0) is 78.7. The third-order valence-electron chi connectivity index (χ3n) is 14.5. The van der Waals surface area contributed by atoms with E-state index in [1.54, 1.807) is 0 Å². The van der Waals surface area contributed by atoms with Crippen LogP contribution in [-0.2, 0) is 57.5 Å². The number of hydrogen-bond acceptors (Lipinski definition) is 26. The van der Waals surface area contributed by atoms with Gasteiger partial charge in [0.1, 0.15) is 0 Å². The van der Waals surface area contributed by atoms with Gasteiger partial charge < -0.3 is 131 Å². The van der Waals surface area contributed by atoms with E-state index in [-0.39, 0.29) is 32.7 Å². The van der Waals surface area contributed by atoms with E-state index in [0.29, 0.717) is 0 Å². The summed E-state index contributed by atoms with van der Waals surface area (Å²) < 4.78 is 0. The summed E-state index contributed by atoms with van der Waals surface area (Å²) in [7, 11) is 1.38. The van der Waals surface area contributed by atoms with Crippen LogP contribution in [0.2, 0.25) is 0 Å². The van der Waals surface area contributed by atoms with Crippen LogP contribution in [-0.4, -0.2) is 446 Å². The van der Waals surface area contributed by atoms with E-state index in [0.717, 1.165) is 58.8 Å². The molecule has 12 amide bonds. The summed E-state index contributed by atoms with van der Waals surface area (Å²) in [5, 5.41) is 137. The first-order valence-corrected chi connectivity index (χ1v) is 34.0. The molecule has 0 heterocycles. The molecule has 0 aliphatic carbocycles. The highest BCUT2D eigenvalue weighted by Gasteiger charge is 2.35. The third-order valence-corrected chi connectivity index (χ3v) is 14.5. The highest BCUT2D eigenvalue weighted by molar-refractivity contribution is 5.95. The number of rotatable bonds is 50. The maximum Gasteiger partial charge on any atom is 0.242 e. The fourth-order valence-electron chi connectivity index (χ4n) is 10.2. The van der Waals surface area contributed by atoms with Gasteiger partial charge in [0.15, 0.2) is 0 Å². The molecule has 102 heavy (non-hydrogen) atoms. The van der Waals surface area contributed by atoms with Gasteiger partial charge >= 0.3 is 0 Å². The maximum atomic E-state index is 14.4. The standard InChI is InChI=1S/C64H119N13O25/c1-40(78)15-65-16-53(91)67(18-42(3)80)30-55(93)69(20-44(5)82)32-57(95)71(22-46(7)84)34-59(97)73(24-48(9)86)36-61(99)75(26-50(11)88)38-63(101)77(28-52(13)90)39-64(102)76(27-51(12)89)37-62(100)74(25-49(10)87)35-60(98)72(23-47(8)85)33-58(96)70(21-45(6)83)31-56(94)68(19-43(4)81)29-54(92)66(14)17-41(2)79/h40-52,65,78-90H,15-39H2,1-14H3. The predicted octanol–water partition coefficient (Wildman–Crippen LogP) is -9.90. The molecule has 13 atom stereocenters. The van der Waals surface area contributed by atoms with Crippen LogP contribution >= 0.6 is 0 Å². The largest absolute Gasteiger partial charge is 0.392 e. The second-order valence-corrected chi connectivity index (χ2v) is 27.0. The second kappa shape index (κ2) is 48.2. The summed E-state index contributed by atoms with van der Waals surface area (Å²) in [6.45, 7) is 1.53. The minimum atomic E-state index is -1.38. The first kappa shape index (κ1) is 95.1. The Labute approximate surface area is 597 Å². The highest BCUT2D eigenvalue weighted by atomic mass is 16.3. The fraction of sp³-hybridized carbons (Fsp3) is 0.812. The molecular weight excluding hydrogens is 1350 g/mol. The molecule has 14 N–H and O–H groups in total. The van der Waals surface area contributed by atoms with Crippen molar-refractivity contribution in [3.05, 3.63) is 0 Å². The van der Waals surface area contributed by atoms with Crippen molar-refractivity contribution in [1.29, 1.82) is 0 Å². The van der Waals surface area contributed by atoms with Crippen molar-refractivity contribution in [1.82, 2.24) is 64.1 Å². The van der Waals surface area contributed by atoms with Gasteiger partial charge in [-0.15, -0.1) is 0 Å². The number of nitrogens with zero attached hydrogens (tertiary/aromatic N) is 12. The average Bonchev–Trinajstić information content (AvgIpc) is 0.858. The van der Waals surface area contributed by atoms with Crippen molar-refractivity contribution in [2.45, 2.75) is 169 Å². The number of nitrogens with one attached hydrogen (secondary N) is 1. The van der Waals surface area contributed by atoms with Crippen LogP contribution in [0.1, 0.15) is 90.0 Å². The molecule has 0 aromatic heterocycles. The molecule has 0 aromatic carbocycles. The first-order valence-electron chi connectivity index (χ1n) is 34.0. The lowest BCUT2D eigenvalue weighted by atomic mass is 10.2. The van der Waals surface area contributed by atoms with Crippen molar-refractivity contribution in [3.8, 4) is 0 Å². The number of likely N-dealkylation sites (N-methyl/N-ethyl adjacent to an activating group) is 1. The van der Waals surface area contributed by atoms with Crippen LogP contribution in [0.5, 0.6) is 0 Å². The summed E-state index contributed by atoms with van der Waals surface area (Å²) in [5.41, 5.74) is 0. The van der Waals surface area contributed by atoms with Crippen LogP contribution in [0.15, 0.2) is 0 Å². The summed E-state index contributed by atoms with van der Waals surface area (Å²) in [4.78, 5) is 178. The van der Waals surface area contributed by atoms with Gasteiger partial charge in [0.2, 0.25) is 70.9 Å². The third kappa shape index (κ3) is 40.8. The number of amides is 12. The Kier molecular flexibility index (Phi) is 44.9. The topological polar surface area (TPSA) is 519 Å². The van der Waals surface area contributed by atoms with Gasteiger partial charge in [0, 0.05) is 92.1 Å². The Morgan fingerprint density at radius 2 is 0.333 bits per heavy atom. The predicted molar refractivity (Wildman–Crippen MR) is 365 cm³/mol. The molecule has 0 aromatic rings. The van der Waals surface area contributed by atoms with E-state index in [1.165, 1.54) is 97.1 Å². The van der Waals surface area contributed by atoms with Crippen molar-refractivity contribution < 1.29 is 124 Å². The fourth-order valence-corrected chi connectivity index (χ4v) is 10.2. The van der Waals surface area contributed by atoms with Crippen LogP contribution in [0, 0.1) is 0 Å². The van der Waals surface area contributed by atoms with Crippen LogP contribution < -0.4 is 5.32 Å². The van der Waals surface area contributed by atoms with Gasteiger partial charge in [-0.1, -0.05) is 0 Å². The molecule has 38 nitrogen and oxygen atoms in total. The molecule has 0 spiro atoms. The molecule has 0 aliphatic heterocycles. The number of hydrogen-bond donors (Lipinski definition) is 14. The zero-order valence-corrected chi connectivity index (χ0v) is 61.8. The normalized spacial score (nSPS) is 15.2. The van der Waals surface area contributed by atoms with Crippen molar-refractivity contribution >= 4 is 70.9 Å². The van der Waals surface area contributed by atoms with Gasteiger partial charge in [0.25, 0.3) is 0 Å². The Morgan fingerprint density at radius 1 is 0.206 bits per heavy atom. The van der Waals surface area contributed by atoms with Crippen LogP contribution in [0.25, 0.3) is 0 Å². The van der Waals surface area contributed by atoms with Gasteiger partial charge in [0.05, 0.1) is 158 Å². The zero-order valence-electron chi connectivity index (χ0n) is 61.8. The average molecular weight is 1470 g/mol. The monoisotopic (exact) mass is 1470 g/mol. The number of carbonyl (C=O) groups is 12. The van der Waals surface area contributed by atoms with E-state index in [4.69, 9.17) is 0 Å². The molecule has 0 saturated heterocycles. The molecule has 13 unspecified atom stereocenters. The van der Waals surface area contributed by atoms with E-state index < -0.39 is 281 Å². The smallest absolute Gasteiger partial charge is 0.242 e. The minimum Gasteiger partial charge on any atom is -0.392 e. The van der Waals surface area contributed by atoms with Crippen molar-refractivity contribution in [2.75, 3.05) is 171 Å². The van der Waals surface area contributed by atoms with Crippen molar-refractivity contribution in [2.24, 2.45) is 0 Å². The van der Waals surface area contributed by atoms with Gasteiger partial charge in [-0.2, -0.15) is 0 Å². The lowest BCUT2D eigenvalue weighted by Crippen LogP contribution is -2.55. The van der Waals surface area contributed by atoms with Crippen molar-refractivity contribution in [3.63, 3.8) is 0 Å². The summed E-state index contributed by atoms with van der Waals surface area (Å²) in [6.07, 6.45) is -16.0. The quantitative estimate of drug-likeness (QED) is 0.0269. The molecule has 0 fully saturated rings. The highest BCUT2D eigenvalue weighted by Crippen LogP contribution is 2.12. The number of aliphatic hydroxyl groups is 13. The SMILES string of the molecule is CC(O)CNCC(=O)N(CC(=O)N(CC(=O)N(CC(=O)N(CC(=O)N(CC(=O)N(CC(=O)N(CC(=O)N(CC(=O)N(CC(=O)N(CC(=O)N(CC(=O)N(C)CC(C)O)CC(C)O)CC(C)O)CC(C)O)CC(C)O)CC(C)O)CC(C)O)CC(C)O)CC(C)O)CC(C)O)CC(C)O)CC(C)O. The summed E-state index contributed by atoms with van der Waals surface area (Å²) >= 11 is 0. The number of aliphatic hydroxyl groups excluding tert-OH is 13.